The number of nitrogens with one attached hydrogen (secondary N) is 2. The molecule has 0 aliphatic carbocycles. The minimum absolute atomic E-state index is 0.337. The molecule has 0 aliphatic rings. The minimum atomic E-state index is -4.01. The molecule has 0 unspecified atom stereocenters. The van der Waals surface area contributed by atoms with Crippen molar-refractivity contribution in [2.45, 2.75) is 11.3 Å². The van der Waals surface area contributed by atoms with Crippen LogP contribution in [0.4, 0.5) is 10.5 Å². The quantitative estimate of drug-likeness (QED) is 0.587. The van der Waals surface area contributed by atoms with E-state index in [2.05, 4.69) is 10.6 Å². The number of amides is 2. The summed E-state index contributed by atoms with van der Waals surface area (Å²) in [7, 11) is -2.49. The Kier molecular flexibility index (Phi) is 5.87. The fourth-order valence-electron chi connectivity index (χ4n) is 2.45. The number of sulfone groups is 1. The molecule has 0 saturated carbocycles. The van der Waals surface area contributed by atoms with Crippen molar-refractivity contribution < 1.29 is 23.1 Å². The zero-order chi connectivity index (χ0) is 20.2. The highest BCUT2D eigenvalue weighted by molar-refractivity contribution is 7.92. The van der Waals surface area contributed by atoms with E-state index in [-0.39, 0.29) is 12.5 Å². The smallest absolute Gasteiger partial charge is 0.339 e. The molecule has 0 radical (unpaired) electrons. The average Bonchev–Trinajstić information content (AvgIpc) is 2.61. The van der Waals surface area contributed by atoms with Gasteiger partial charge in [0, 0.05) is 25.4 Å². The number of carboxylic acid groups (broad SMARTS) is 1. The van der Waals surface area contributed by atoms with Gasteiger partial charge in [0.2, 0.25) is 4.87 Å². The molecule has 0 bridgehead atoms. The van der Waals surface area contributed by atoms with Crippen LogP contribution in [0.25, 0.3) is 11.1 Å². The van der Waals surface area contributed by atoms with E-state index in [1.165, 1.54) is 7.05 Å². The molecule has 0 aromatic heterocycles. The van der Waals surface area contributed by atoms with Gasteiger partial charge >= 0.3 is 12.0 Å². The first-order chi connectivity index (χ1) is 12.6. The van der Waals surface area contributed by atoms with Crippen LogP contribution < -0.4 is 16.4 Å². The Bertz CT molecular complexity index is 957. The van der Waals surface area contributed by atoms with E-state index in [1.54, 1.807) is 42.5 Å². The van der Waals surface area contributed by atoms with Gasteiger partial charge in [-0.15, -0.1) is 0 Å². The lowest BCUT2D eigenvalue weighted by molar-refractivity contribution is -0.140. The first-order valence-electron chi connectivity index (χ1n) is 7.97. The van der Waals surface area contributed by atoms with Crippen molar-refractivity contribution >= 4 is 27.5 Å². The van der Waals surface area contributed by atoms with Crippen LogP contribution in [-0.2, 0) is 21.1 Å². The van der Waals surface area contributed by atoms with E-state index < -0.39 is 20.7 Å². The normalized spacial score (nSPS) is 13.4. The first kappa shape index (κ1) is 20.4. The van der Waals surface area contributed by atoms with Gasteiger partial charge in [0.25, 0.3) is 0 Å². The van der Waals surface area contributed by atoms with Crippen LogP contribution in [0.3, 0.4) is 0 Å². The number of urea groups is 1. The zero-order valence-electron chi connectivity index (χ0n) is 14.9. The molecule has 0 spiro atoms. The van der Waals surface area contributed by atoms with Crippen LogP contribution in [0.2, 0.25) is 0 Å². The lowest BCUT2D eigenvalue weighted by Crippen LogP contribution is -2.55. The van der Waals surface area contributed by atoms with E-state index in [0.29, 0.717) is 11.3 Å². The Hall–Kier alpha value is -2.91. The molecule has 0 heterocycles. The number of rotatable bonds is 6. The third-order valence-corrected chi connectivity index (χ3v) is 5.77. The number of aliphatic carboxylic acids is 1. The summed E-state index contributed by atoms with van der Waals surface area (Å²) >= 11 is 0. The molecule has 144 valence electrons. The SMILES string of the molecule is CNC(=O)Nc1cccc(-c2ccc(C[C@@](N)(C(=O)O)S(C)(=O)=O)cc2)c1. The molecule has 2 amide bonds. The molecule has 2 rings (SSSR count). The summed E-state index contributed by atoms with van der Waals surface area (Å²) in [6.45, 7) is 0. The van der Waals surface area contributed by atoms with Crippen molar-refractivity contribution in [3.8, 4) is 11.1 Å². The Labute approximate surface area is 157 Å². The summed E-state index contributed by atoms with van der Waals surface area (Å²) in [5.74, 6) is -1.60. The number of carbonyl (C=O) groups excluding carboxylic acids is 1. The molecule has 0 saturated heterocycles. The highest BCUT2D eigenvalue weighted by Gasteiger charge is 2.44. The van der Waals surface area contributed by atoms with E-state index in [9.17, 15) is 23.1 Å². The maximum atomic E-state index is 11.8. The molecule has 27 heavy (non-hydrogen) atoms. The second-order valence-electron chi connectivity index (χ2n) is 6.13. The average molecular weight is 391 g/mol. The van der Waals surface area contributed by atoms with Crippen LogP contribution in [0.5, 0.6) is 0 Å². The van der Waals surface area contributed by atoms with E-state index in [0.717, 1.165) is 17.4 Å². The van der Waals surface area contributed by atoms with Crippen molar-refractivity contribution in [2.75, 3.05) is 18.6 Å². The Morgan fingerprint density at radius 2 is 1.74 bits per heavy atom. The highest BCUT2D eigenvalue weighted by Crippen LogP contribution is 2.25. The summed E-state index contributed by atoms with van der Waals surface area (Å²) in [6, 6.07) is 13.6. The van der Waals surface area contributed by atoms with Gasteiger partial charge in [0.15, 0.2) is 9.84 Å². The van der Waals surface area contributed by atoms with Crippen molar-refractivity contribution in [2.24, 2.45) is 5.73 Å². The Morgan fingerprint density at radius 1 is 1.11 bits per heavy atom. The summed E-state index contributed by atoms with van der Waals surface area (Å²) in [5, 5.41) is 14.4. The second kappa shape index (κ2) is 7.77. The van der Waals surface area contributed by atoms with Crippen LogP contribution in [-0.4, -0.2) is 43.7 Å². The molecule has 0 fully saturated rings. The Morgan fingerprint density at radius 3 is 2.26 bits per heavy atom. The van der Waals surface area contributed by atoms with E-state index in [4.69, 9.17) is 5.73 Å². The summed E-state index contributed by atoms with van der Waals surface area (Å²) < 4.78 is 23.6. The number of anilines is 1. The molecule has 2 aromatic rings. The number of nitrogens with two attached hydrogens (primary N) is 1. The van der Waals surface area contributed by atoms with Gasteiger partial charge < -0.3 is 21.5 Å². The molecule has 9 heteroatoms. The number of carbonyl (C=O) groups is 2. The molecule has 0 aliphatic heterocycles. The monoisotopic (exact) mass is 391 g/mol. The fraction of sp³-hybridized carbons (Fsp3) is 0.222. The van der Waals surface area contributed by atoms with Gasteiger partial charge in [-0.3, -0.25) is 0 Å². The van der Waals surface area contributed by atoms with Crippen molar-refractivity contribution in [1.82, 2.24) is 5.32 Å². The topological polar surface area (TPSA) is 139 Å². The van der Waals surface area contributed by atoms with Crippen molar-refractivity contribution in [1.29, 1.82) is 0 Å². The highest BCUT2D eigenvalue weighted by atomic mass is 32.2. The van der Waals surface area contributed by atoms with Crippen LogP contribution in [0.1, 0.15) is 5.56 Å². The fourth-order valence-corrected chi connectivity index (χ4v) is 3.20. The van der Waals surface area contributed by atoms with Gasteiger partial charge in [-0.05, 0) is 28.8 Å². The zero-order valence-corrected chi connectivity index (χ0v) is 15.7. The second-order valence-corrected chi connectivity index (χ2v) is 8.40. The van der Waals surface area contributed by atoms with Gasteiger partial charge in [-0.2, -0.15) is 0 Å². The molecule has 8 nitrogen and oxygen atoms in total. The van der Waals surface area contributed by atoms with Gasteiger partial charge in [0.1, 0.15) is 0 Å². The lowest BCUT2D eigenvalue weighted by atomic mass is 10.0. The van der Waals surface area contributed by atoms with Gasteiger partial charge in [-0.1, -0.05) is 36.4 Å². The standard InChI is InChI=1S/C18H21N3O5S/c1-20-17(24)21-15-5-3-4-14(10-15)13-8-6-12(7-9-13)11-18(19,16(22)23)27(2,25)26/h3-10H,11,19H2,1-2H3,(H,22,23)(H2,20,21,24)/t18-/m0/s1. The molecular weight excluding hydrogens is 370 g/mol. The number of hydrogen-bond donors (Lipinski definition) is 4. The lowest BCUT2D eigenvalue weighted by Gasteiger charge is -2.22. The third kappa shape index (κ3) is 4.63. The van der Waals surface area contributed by atoms with Crippen molar-refractivity contribution in [3.63, 3.8) is 0 Å². The summed E-state index contributed by atoms with van der Waals surface area (Å²) in [5.41, 5.74) is 8.38. The largest absolute Gasteiger partial charge is 0.479 e. The molecular formula is C18H21N3O5S. The van der Waals surface area contributed by atoms with Crippen LogP contribution in [0.15, 0.2) is 48.5 Å². The van der Waals surface area contributed by atoms with E-state index in [1.807, 2.05) is 6.07 Å². The Balaban J connectivity index is 2.26. The van der Waals surface area contributed by atoms with Crippen LogP contribution >= 0.6 is 0 Å². The number of hydrogen-bond acceptors (Lipinski definition) is 5. The van der Waals surface area contributed by atoms with Crippen LogP contribution in [0, 0.1) is 0 Å². The maximum absolute atomic E-state index is 11.8. The first-order valence-corrected chi connectivity index (χ1v) is 9.86. The van der Waals surface area contributed by atoms with Crippen molar-refractivity contribution in [3.05, 3.63) is 54.1 Å². The maximum Gasteiger partial charge on any atom is 0.339 e. The third-order valence-electron chi connectivity index (χ3n) is 4.13. The predicted octanol–water partition coefficient (Wildman–Crippen LogP) is 1.43. The van der Waals surface area contributed by atoms with Gasteiger partial charge in [0.05, 0.1) is 0 Å². The van der Waals surface area contributed by atoms with Gasteiger partial charge in [-0.25, -0.2) is 18.0 Å². The summed E-state index contributed by atoms with van der Waals surface area (Å²) in [6.07, 6.45) is 0.458. The molecule has 2 aromatic carbocycles. The molecule has 5 N–H and O–H groups in total. The summed E-state index contributed by atoms with van der Waals surface area (Å²) in [4.78, 5) is 20.4. The number of benzene rings is 2. The van der Waals surface area contributed by atoms with E-state index >= 15 is 0 Å². The number of carboxylic acids is 1. The molecule has 1 atom stereocenters. The predicted molar refractivity (Wildman–Crippen MR) is 103 cm³/mol. The minimum Gasteiger partial charge on any atom is -0.479 e.